The molecule has 0 aromatic heterocycles. The van der Waals surface area contributed by atoms with Gasteiger partial charge in [-0.2, -0.15) is 0 Å². The molecule has 1 heterocycles. The summed E-state index contributed by atoms with van der Waals surface area (Å²) in [4.78, 5) is 22.8. The highest BCUT2D eigenvalue weighted by molar-refractivity contribution is 5.69. The van der Waals surface area contributed by atoms with E-state index < -0.39 is 18.7 Å². The minimum absolute atomic E-state index is 0.148. The number of anilines is 1. The molecule has 1 saturated heterocycles. The first-order valence-electron chi connectivity index (χ1n) is 6.74. The van der Waals surface area contributed by atoms with E-state index in [1.807, 2.05) is 12.1 Å². The lowest BCUT2D eigenvalue weighted by molar-refractivity contribution is -0.139. The van der Waals surface area contributed by atoms with Gasteiger partial charge in [-0.05, 0) is 25.0 Å². The molecule has 1 aromatic rings. The molecule has 1 aromatic carbocycles. The summed E-state index contributed by atoms with van der Waals surface area (Å²) in [7, 11) is 0. The maximum Gasteiger partial charge on any atom is 0.407 e. The monoisotopic (exact) mass is 294 g/mol. The largest absolute Gasteiger partial charge is 0.480 e. The van der Waals surface area contributed by atoms with Crippen molar-refractivity contribution in [1.82, 2.24) is 4.90 Å². The van der Waals surface area contributed by atoms with Crippen molar-refractivity contribution in [3.05, 3.63) is 24.3 Å². The Kier molecular flexibility index (Phi) is 4.86. The fraction of sp³-hybridized carbons (Fsp3) is 0.429. The maximum absolute atomic E-state index is 10.9. The van der Waals surface area contributed by atoms with Crippen LogP contribution in [0.4, 0.5) is 10.5 Å². The Balaban J connectivity index is 1.94. The number of nitrogens with zero attached hydrogens (tertiary/aromatic N) is 1. The Hall–Kier alpha value is -2.44. The zero-order valence-electron chi connectivity index (χ0n) is 11.5. The van der Waals surface area contributed by atoms with Crippen molar-refractivity contribution in [3.8, 4) is 5.75 Å². The van der Waals surface area contributed by atoms with E-state index in [4.69, 9.17) is 14.9 Å². The van der Waals surface area contributed by atoms with Crippen LogP contribution in [0.1, 0.15) is 12.8 Å². The number of rotatable bonds is 5. The van der Waals surface area contributed by atoms with E-state index >= 15 is 0 Å². The number of benzene rings is 1. The van der Waals surface area contributed by atoms with Gasteiger partial charge in [0, 0.05) is 19.1 Å². The highest BCUT2D eigenvalue weighted by atomic mass is 16.5. The quantitative estimate of drug-likeness (QED) is 0.764. The summed E-state index contributed by atoms with van der Waals surface area (Å²) in [5.74, 6) is -0.542. The van der Waals surface area contributed by atoms with Gasteiger partial charge in [0.15, 0.2) is 6.61 Å². The first-order chi connectivity index (χ1) is 10.1. The number of carboxylic acid groups (broad SMARTS) is 2. The summed E-state index contributed by atoms with van der Waals surface area (Å²) in [5, 5.41) is 20.9. The molecule has 0 atom stereocenters. The Morgan fingerprint density at radius 3 is 2.52 bits per heavy atom. The van der Waals surface area contributed by atoms with Crippen LogP contribution in [0.5, 0.6) is 5.75 Å². The lowest BCUT2D eigenvalue weighted by atomic mass is 10.0. The number of para-hydroxylation sites is 2. The molecular weight excluding hydrogens is 276 g/mol. The Labute approximate surface area is 122 Å². The summed E-state index contributed by atoms with van der Waals surface area (Å²) in [6.07, 6.45) is 0.526. The molecule has 0 bridgehead atoms. The average molecular weight is 294 g/mol. The molecule has 0 spiro atoms. The van der Waals surface area contributed by atoms with Gasteiger partial charge in [-0.1, -0.05) is 12.1 Å². The van der Waals surface area contributed by atoms with Gasteiger partial charge in [0.05, 0.1) is 5.69 Å². The Bertz CT molecular complexity index is 512. The summed E-state index contributed by atoms with van der Waals surface area (Å²) >= 11 is 0. The number of amides is 1. The summed E-state index contributed by atoms with van der Waals surface area (Å²) in [5.41, 5.74) is 0.729. The van der Waals surface area contributed by atoms with E-state index in [2.05, 4.69) is 5.32 Å². The van der Waals surface area contributed by atoms with Crippen LogP contribution in [0.2, 0.25) is 0 Å². The van der Waals surface area contributed by atoms with Gasteiger partial charge in [0.2, 0.25) is 0 Å². The van der Waals surface area contributed by atoms with Crippen LogP contribution in [0.3, 0.4) is 0 Å². The molecule has 114 valence electrons. The van der Waals surface area contributed by atoms with Crippen molar-refractivity contribution < 1.29 is 24.5 Å². The number of likely N-dealkylation sites (tertiary alicyclic amines) is 1. The lowest BCUT2D eigenvalue weighted by Crippen LogP contribution is -2.41. The molecule has 1 aliphatic heterocycles. The van der Waals surface area contributed by atoms with Gasteiger partial charge in [-0.15, -0.1) is 0 Å². The minimum Gasteiger partial charge on any atom is -0.480 e. The molecule has 1 amide bonds. The molecule has 3 N–H and O–H groups in total. The van der Waals surface area contributed by atoms with Crippen LogP contribution in [0.25, 0.3) is 0 Å². The van der Waals surface area contributed by atoms with Crippen LogP contribution >= 0.6 is 0 Å². The van der Waals surface area contributed by atoms with Crippen molar-refractivity contribution in [3.63, 3.8) is 0 Å². The molecule has 1 fully saturated rings. The van der Waals surface area contributed by atoms with Gasteiger partial charge in [0.1, 0.15) is 5.75 Å². The Morgan fingerprint density at radius 1 is 1.24 bits per heavy atom. The minimum atomic E-state index is -1.03. The smallest absolute Gasteiger partial charge is 0.407 e. The van der Waals surface area contributed by atoms with Crippen molar-refractivity contribution in [2.75, 3.05) is 25.0 Å². The van der Waals surface area contributed by atoms with Gasteiger partial charge in [0.25, 0.3) is 0 Å². The maximum atomic E-state index is 10.9. The van der Waals surface area contributed by atoms with E-state index in [0.29, 0.717) is 31.7 Å². The third-order valence-electron chi connectivity index (χ3n) is 3.36. The molecule has 0 saturated carbocycles. The second-order valence-electron chi connectivity index (χ2n) is 4.87. The molecule has 0 unspecified atom stereocenters. The van der Waals surface area contributed by atoms with Crippen LogP contribution in [-0.4, -0.2) is 52.9 Å². The second kappa shape index (κ2) is 6.83. The predicted molar refractivity (Wildman–Crippen MR) is 75.8 cm³/mol. The molecule has 0 aliphatic carbocycles. The zero-order valence-corrected chi connectivity index (χ0v) is 11.5. The summed E-state index contributed by atoms with van der Waals surface area (Å²) < 4.78 is 5.23. The summed E-state index contributed by atoms with van der Waals surface area (Å²) in [6.45, 7) is 0.590. The number of ether oxygens (including phenoxy) is 1. The molecule has 7 heteroatoms. The van der Waals surface area contributed by atoms with Crippen LogP contribution in [0.15, 0.2) is 24.3 Å². The predicted octanol–water partition coefficient (Wildman–Crippen LogP) is 1.70. The lowest BCUT2D eigenvalue weighted by Gasteiger charge is -2.31. The third kappa shape index (κ3) is 4.27. The molecule has 21 heavy (non-hydrogen) atoms. The first-order valence-corrected chi connectivity index (χ1v) is 6.74. The SMILES string of the molecule is O=C(O)COc1ccccc1NC1CCN(C(=O)O)CC1. The average Bonchev–Trinajstić information content (AvgIpc) is 2.47. The van der Waals surface area contributed by atoms with E-state index in [9.17, 15) is 9.59 Å². The number of hydrogen-bond acceptors (Lipinski definition) is 4. The van der Waals surface area contributed by atoms with Crippen molar-refractivity contribution >= 4 is 17.7 Å². The van der Waals surface area contributed by atoms with Crippen LogP contribution < -0.4 is 10.1 Å². The fourth-order valence-corrected chi connectivity index (χ4v) is 2.29. The number of carbonyl (C=O) groups is 2. The first kappa shape index (κ1) is 15.0. The molecule has 0 radical (unpaired) electrons. The topological polar surface area (TPSA) is 99.1 Å². The molecule has 7 nitrogen and oxygen atoms in total. The highest BCUT2D eigenvalue weighted by Gasteiger charge is 2.22. The summed E-state index contributed by atoms with van der Waals surface area (Å²) in [6, 6.07) is 7.28. The van der Waals surface area contributed by atoms with Crippen molar-refractivity contribution in [2.45, 2.75) is 18.9 Å². The highest BCUT2D eigenvalue weighted by Crippen LogP contribution is 2.26. The normalized spacial score (nSPS) is 15.5. The number of nitrogens with one attached hydrogen (secondary N) is 1. The Morgan fingerprint density at radius 2 is 1.90 bits per heavy atom. The van der Waals surface area contributed by atoms with Crippen molar-refractivity contribution in [1.29, 1.82) is 0 Å². The van der Waals surface area contributed by atoms with Crippen LogP contribution in [0, 0.1) is 0 Å². The molecular formula is C14H18N2O5. The number of aliphatic carboxylic acids is 1. The fourth-order valence-electron chi connectivity index (χ4n) is 2.29. The van der Waals surface area contributed by atoms with Gasteiger partial charge < -0.3 is 25.2 Å². The molecule has 2 rings (SSSR count). The van der Waals surface area contributed by atoms with E-state index in [-0.39, 0.29) is 6.04 Å². The molecule has 1 aliphatic rings. The van der Waals surface area contributed by atoms with Crippen molar-refractivity contribution in [2.24, 2.45) is 0 Å². The third-order valence-corrected chi connectivity index (χ3v) is 3.36. The second-order valence-corrected chi connectivity index (χ2v) is 4.87. The van der Waals surface area contributed by atoms with Gasteiger partial charge in [-0.25, -0.2) is 9.59 Å². The van der Waals surface area contributed by atoms with E-state index in [0.717, 1.165) is 5.69 Å². The van der Waals surface area contributed by atoms with Gasteiger partial charge in [-0.3, -0.25) is 0 Å². The van der Waals surface area contributed by atoms with Gasteiger partial charge >= 0.3 is 12.1 Å². The number of piperidine rings is 1. The van der Waals surface area contributed by atoms with Crippen LogP contribution in [-0.2, 0) is 4.79 Å². The standard InChI is InChI=1S/C14H18N2O5/c17-13(18)9-21-12-4-2-1-3-11(12)15-10-5-7-16(8-6-10)14(19)20/h1-4,10,15H,5-9H2,(H,17,18)(H,19,20). The number of hydrogen-bond donors (Lipinski definition) is 3. The van der Waals surface area contributed by atoms with E-state index in [1.165, 1.54) is 4.90 Å². The van der Waals surface area contributed by atoms with E-state index in [1.54, 1.807) is 12.1 Å². The number of carboxylic acids is 1. The zero-order chi connectivity index (χ0) is 15.2.